The lowest BCUT2D eigenvalue weighted by Crippen LogP contribution is -2.53. The highest BCUT2D eigenvalue weighted by molar-refractivity contribution is 7.99. The van der Waals surface area contributed by atoms with Gasteiger partial charge in [-0.1, -0.05) is 30.3 Å². The number of benzene rings is 1. The molecule has 170 valence electrons. The lowest BCUT2D eigenvalue weighted by atomic mass is 9.85. The van der Waals surface area contributed by atoms with Crippen LogP contribution in [0, 0.1) is 5.41 Å². The molecule has 1 aromatic carbocycles. The van der Waals surface area contributed by atoms with E-state index in [1.807, 2.05) is 42.1 Å². The number of hydrogen-bond acceptors (Lipinski definition) is 6. The van der Waals surface area contributed by atoms with E-state index in [0.29, 0.717) is 25.8 Å². The Kier molecular flexibility index (Phi) is 8.00. The molecular weight excluding hydrogens is 416 g/mol. The van der Waals surface area contributed by atoms with E-state index >= 15 is 0 Å². The zero-order valence-electron chi connectivity index (χ0n) is 18.2. The van der Waals surface area contributed by atoms with Crippen molar-refractivity contribution in [1.82, 2.24) is 10.2 Å². The second kappa shape index (κ2) is 10.5. The zero-order chi connectivity index (χ0) is 22.4. The largest absolute Gasteiger partial charge is 0.480 e. The van der Waals surface area contributed by atoms with Crippen molar-refractivity contribution in [2.24, 2.45) is 5.41 Å². The smallest absolute Gasteiger partial charge is 0.326 e. The fraction of sp³-hybridized carbons (Fsp3) is 0.609. The Morgan fingerprint density at radius 2 is 2.06 bits per heavy atom. The first kappa shape index (κ1) is 23.6. The summed E-state index contributed by atoms with van der Waals surface area (Å²) in [7, 11) is 0. The van der Waals surface area contributed by atoms with Gasteiger partial charge in [0.05, 0.1) is 12.6 Å². The number of ether oxygens (including phenoxy) is 1. The first-order valence-electron chi connectivity index (χ1n) is 10.9. The molecule has 2 unspecified atom stereocenters. The van der Waals surface area contributed by atoms with Gasteiger partial charge in [0.1, 0.15) is 12.1 Å². The van der Waals surface area contributed by atoms with Crippen LogP contribution in [0.5, 0.6) is 0 Å². The highest BCUT2D eigenvalue weighted by atomic mass is 32.2. The summed E-state index contributed by atoms with van der Waals surface area (Å²) in [6.07, 6.45) is 2.60. The topological polar surface area (TPSA) is 95.9 Å². The van der Waals surface area contributed by atoms with Crippen LogP contribution in [0.2, 0.25) is 0 Å². The van der Waals surface area contributed by atoms with Gasteiger partial charge in [0.25, 0.3) is 0 Å². The molecule has 2 saturated heterocycles. The third-order valence-electron chi connectivity index (χ3n) is 6.22. The Bertz CT molecular complexity index is 781. The predicted octanol–water partition coefficient (Wildman–Crippen LogP) is 2.34. The first-order valence-corrected chi connectivity index (χ1v) is 12.1. The van der Waals surface area contributed by atoms with Gasteiger partial charge >= 0.3 is 11.9 Å². The van der Waals surface area contributed by atoms with Crippen LogP contribution in [0.3, 0.4) is 0 Å². The summed E-state index contributed by atoms with van der Waals surface area (Å²) in [5, 5.41) is 12.8. The molecule has 2 aliphatic rings. The maximum Gasteiger partial charge on any atom is 0.326 e. The molecule has 8 heteroatoms. The Balaban J connectivity index is 1.67. The number of nitrogens with one attached hydrogen (secondary N) is 1. The molecule has 7 nitrogen and oxygen atoms in total. The molecule has 2 heterocycles. The minimum Gasteiger partial charge on any atom is -0.480 e. The monoisotopic (exact) mass is 448 g/mol. The summed E-state index contributed by atoms with van der Waals surface area (Å²) in [6.45, 7) is 4.18. The number of carboxylic acid groups (broad SMARTS) is 1. The summed E-state index contributed by atoms with van der Waals surface area (Å²) in [5.41, 5.74) is 1.00. The number of carboxylic acids is 1. The van der Waals surface area contributed by atoms with E-state index in [2.05, 4.69) is 5.32 Å². The van der Waals surface area contributed by atoms with Crippen LogP contribution in [-0.4, -0.2) is 70.6 Å². The molecule has 2 aliphatic heterocycles. The Morgan fingerprint density at radius 1 is 1.32 bits per heavy atom. The molecule has 4 atom stereocenters. The Hall–Kier alpha value is -2.06. The van der Waals surface area contributed by atoms with Crippen molar-refractivity contribution in [1.29, 1.82) is 0 Å². The minimum absolute atomic E-state index is 0.100. The molecule has 2 fully saturated rings. The van der Waals surface area contributed by atoms with Crippen LogP contribution in [0.1, 0.15) is 38.7 Å². The SMILES string of the molecule is CCOC(=O)C(CCc1ccccc1)N[C@@H](C)C(=O)N1CC2(CCSC2)C[C@H]1C(=O)O. The van der Waals surface area contributed by atoms with E-state index in [0.717, 1.165) is 23.5 Å². The van der Waals surface area contributed by atoms with Gasteiger partial charge in [-0.25, -0.2) is 4.79 Å². The molecule has 2 N–H and O–H groups in total. The van der Waals surface area contributed by atoms with E-state index in [1.165, 1.54) is 4.90 Å². The predicted molar refractivity (Wildman–Crippen MR) is 120 cm³/mol. The van der Waals surface area contributed by atoms with Crippen molar-refractivity contribution < 1.29 is 24.2 Å². The summed E-state index contributed by atoms with van der Waals surface area (Å²) >= 11 is 1.82. The number of nitrogens with zero attached hydrogens (tertiary/aromatic N) is 1. The van der Waals surface area contributed by atoms with Crippen molar-refractivity contribution in [3.63, 3.8) is 0 Å². The van der Waals surface area contributed by atoms with Crippen molar-refractivity contribution in [2.75, 3.05) is 24.7 Å². The summed E-state index contributed by atoms with van der Waals surface area (Å²) < 4.78 is 5.21. The molecule has 3 rings (SSSR count). The maximum atomic E-state index is 13.2. The van der Waals surface area contributed by atoms with Gasteiger partial charge in [0.2, 0.25) is 5.91 Å². The van der Waals surface area contributed by atoms with Gasteiger partial charge in [-0.3, -0.25) is 14.9 Å². The van der Waals surface area contributed by atoms with Crippen LogP contribution in [0.4, 0.5) is 0 Å². The average Bonchev–Trinajstić information content (AvgIpc) is 3.38. The molecule has 1 spiro atoms. The number of rotatable bonds is 9. The minimum atomic E-state index is -0.958. The number of aryl methyl sites for hydroxylation is 1. The lowest BCUT2D eigenvalue weighted by molar-refractivity contribution is -0.150. The molecular formula is C23H32N2O5S. The number of carbonyl (C=O) groups excluding carboxylic acids is 2. The summed E-state index contributed by atoms with van der Waals surface area (Å²) in [5.74, 6) is 0.283. The van der Waals surface area contributed by atoms with Crippen LogP contribution >= 0.6 is 11.8 Å². The standard InChI is InChI=1S/C23H32N2O5S/c1-3-30-22(29)18(10-9-17-7-5-4-6-8-17)24-16(2)20(26)25-14-23(11-12-31-15-23)13-19(25)21(27)28/h4-8,16,18-19,24H,3,9-15H2,1-2H3,(H,27,28)/t16-,18?,19-,23?/m0/s1. The van der Waals surface area contributed by atoms with Crippen molar-refractivity contribution >= 4 is 29.6 Å². The van der Waals surface area contributed by atoms with E-state index in [1.54, 1.807) is 13.8 Å². The number of amides is 1. The van der Waals surface area contributed by atoms with Gasteiger partial charge in [0.15, 0.2) is 0 Å². The van der Waals surface area contributed by atoms with Gasteiger partial charge in [0, 0.05) is 17.7 Å². The molecule has 0 radical (unpaired) electrons. The molecule has 0 aliphatic carbocycles. The average molecular weight is 449 g/mol. The lowest BCUT2D eigenvalue weighted by Gasteiger charge is -2.28. The van der Waals surface area contributed by atoms with Gasteiger partial charge < -0.3 is 14.7 Å². The zero-order valence-corrected chi connectivity index (χ0v) is 19.0. The molecule has 31 heavy (non-hydrogen) atoms. The van der Waals surface area contributed by atoms with Crippen molar-refractivity contribution in [3.05, 3.63) is 35.9 Å². The molecule has 0 bridgehead atoms. The number of likely N-dealkylation sites (tertiary alicyclic amines) is 1. The number of thioether (sulfide) groups is 1. The quantitative estimate of drug-likeness (QED) is 0.560. The van der Waals surface area contributed by atoms with Gasteiger partial charge in [-0.15, -0.1) is 0 Å². The van der Waals surface area contributed by atoms with E-state index < -0.39 is 30.1 Å². The van der Waals surface area contributed by atoms with E-state index in [4.69, 9.17) is 4.74 Å². The van der Waals surface area contributed by atoms with Crippen LogP contribution in [0.25, 0.3) is 0 Å². The first-order chi connectivity index (χ1) is 14.8. The highest BCUT2D eigenvalue weighted by Crippen LogP contribution is 2.46. The number of aliphatic carboxylic acids is 1. The Labute approximate surface area is 187 Å². The molecule has 0 saturated carbocycles. The Morgan fingerprint density at radius 3 is 2.68 bits per heavy atom. The fourth-order valence-electron chi connectivity index (χ4n) is 4.53. The number of carbonyl (C=O) groups is 3. The van der Waals surface area contributed by atoms with Crippen LogP contribution in [-0.2, 0) is 25.5 Å². The second-order valence-corrected chi connectivity index (χ2v) is 9.65. The normalized spacial score (nSPS) is 24.8. The molecule has 0 aromatic heterocycles. The van der Waals surface area contributed by atoms with Crippen molar-refractivity contribution in [2.45, 2.75) is 57.7 Å². The third kappa shape index (κ3) is 5.80. The fourth-order valence-corrected chi connectivity index (χ4v) is 6.04. The highest BCUT2D eigenvalue weighted by Gasteiger charge is 2.50. The molecule has 1 amide bonds. The van der Waals surface area contributed by atoms with Gasteiger partial charge in [-0.2, -0.15) is 11.8 Å². The van der Waals surface area contributed by atoms with Gasteiger partial charge in [-0.05, 0) is 50.8 Å². The maximum absolute atomic E-state index is 13.2. The number of hydrogen-bond donors (Lipinski definition) is 2. The van der Waals surface area contributed by atoms with E-state index in [9.17, 15) is 19.5 Å². The van der Waals surface area contributed by atoms with Crippen molar-refractivity contribution in [3.8, 4) is 0 Å². The summed E-state index contributed by atoms with van der Waals surface area (Å²) in [4.78, 5) is 39.1. The van der Waals surface area contributed by atoms with Crippen LogP contribution < -0.4 is 5.32 Å². The third-order valence-corrected chi connectivity index (χ3v) is 7.53. The van der Waals surface area contributed by atoms with Crippen LogP contribution in [0.15, 0.2) is 30.3 Å². The summed E-state index contributed by atoms with van der Waals surface area (Å²) in [6, 6.07) is 7.71. The second-order valence-electron chi connectivity index (χ2n) is 8.54. The molecule has 1 aromatic rings. The number of esters is 1. The van der Waals surface area contributed by atoms with E-state index in [-0.39, 0.29) is 17.9 Å².